The zero-order chi connectivity index (χ0) is 11.6. The van der Waals surface area contributed by atoms with Crippen LogP contribution >= 0.6 is 11.6 Å². The summed E-state index contributed by atoms with van der Waals surface area (Å²) in [5.41, 5.74) is 0. The monoisotopic (exact) mass is 262 g/mol. The molecule has 0 bridgehead atoms. The van der Waals surface area contributed by atoms with Crippen molar-refractivity contribution >= 4 is 21.6 Å². The number of nitrogens with zero attached hydrogens (tertiary/aromatic N) is 2. The van der Waals surface area contributed by atoms with Crippen molar-refractivity contribution < 1.29 is 13.3 Å². The van der Waals surface area contributed by atoms with E-state index in [9.17, 15) is 8.42 Å². The summed E-state index contributed by atoms with van der Waals surface area (Å²) in [5, 5.41) is 0.157. The van der Waals surface area contributed by atoms with Crippen molar-refractivity contribution in [2.75, 3.05) is 13.2 Å². The molecule has 1 aliphatic heterocycles. The molecule has 0 spiro atoms. The highest BCUT2D eigenvalue weighted by molar-refractivity contribution is 7.89. The van der Waals surface area contributed by atoms with Crippen molar-refractivity contribution in [1.82, 2.24) is 9.45 Å². The van der Waals surface area contributed by atoms with Gasteiger partial charge in [-0.3, -0.25) is 9.82 Å². The fourth-order valence-corrected chi connectivity index (χ4v) is 3.13. The van der Waals surface area contributed by atoms with E-state index >= 15 is 0 Å². The maximum atomic E-state index is 12.1. The van der Waals surface area contributed by atoms with Crippen LogP contribution < -0.4 is 0 Å². The molecule has 1 aliphatic rings. The number of hydrogen-bond acceptors (Lipinski definition) is 4. The molecule has 0 atom stereocenters. The summed E-state index contributed by atoms with van der Waals surface area (Å²) in [6.45, 7) is 0.769. The maximum absolute atomic E-state index is 12.1. The van der Waals surface area contributed by atoms with Gasteiger partial charge in [-0.15, -0.1) is 0 Å². The Morgan fingerprint density at radius 2 is 2.25 bits per heavy atom. The van der Waals surface area contributed by atoms with Crippen LogP contribution in [0.3, 0.4) is 0 Å². The molecule has 88 valence electrons. The van der Waals surface area contributed by atoms with Crippen molar-refractivity contribution in [2.24, 2.45) is 0 Å². The second-order valence-corrected chi connectivity index (χ2v) is 5.58. The number of sulfonamides is 1. The van der Waals surface area contributed by atoms with Crippen molar-refractivity contribution in [1.29, 1.82) is 0 Å². The minimum absolute atomic E-state index is 0.0152. The molecule has 0 N–H and O–H groups in total. The number of rotatable bonds is 2. The van der Waals surface area contributed by atoms with Crippen LogP contribution in [0, 0.1) is 0 Å². The Morgan fingerprint density at radius 1 is 1.44 bits per heavy atom. The van der Waals surface area contributed by atoms with E-state index in [4.69, 9.17) is 16.4 Å². The van der Waals surface area contributed by atoms with Gasteiger partial charge in [0.15, 0.2) is 0 Å². The standard InChI is InChI=1S/C9H11ClN2O3S/c10-8-3-4-11-7-9(8)16(13,14)12-5-1-2-6-15-12/h3-4,7H,1-2,5-6H2. The summed E-state index contributed by atoms with van der Waals surface area (Å²) in [6.07, 6.45) is 4.33. The Morgan fingerprint density at radius 3 is 2.88 bits per heavy atom. The average Bonchev–Trinajstić information content (AvgIpc) is 2.30. The van der Waals surface area contributed by atoms with E-state index in [1.807, 2.05) is 0 Å². The van der Waals surface area contributed by atoms with Gasteiger partial charge in [0.05, 0.1) is 11.6 Å². The summed E-state index contributed by atoms with van der Waals surface area (Å²) in [6, 6.07) is 1.44. The molecule has 0 aromatic carbocycles. The maximum Gasteiger partial charge on any atom is 0.268 e. The third kappa shape index (κ3) is 2.20. The smallest absolute Gasteiger partial charge is 0.268 e. The van der Waals surface area contributed by atoms with E-state index in [-0.39, 0.29) is 9.92 Å². The molecule has 1 aromatic heterocycles. The van der Waals surface area contributed by atoms with Gasteiger partial charge in [-0.1, -0.05) is 16.1 Å². The molecule has 16 heavy (non-hydrogen) atoms. The lowest BCUT2D eigenvalue weighted by atomic mass is 10.3. The lowest BCUT2D eigenvalue weighted by molar-refractivity contribution is -0.108. The second-order valence-electron chi connectivity index (χ2n) is 3.38. The van der Waals surface area contributed by atoms with Gasteiger partial charge in [0.2, 0.25) is 0 Å². The predicted molar refractivity (Wildman–Crippen MR) is 58.3 cm³/mol. The average molecular weight is 263 g/mol. The molecule has 5 nitrogen and oxygen atoms in total. The van der Waals surface area contributed by atoms with Crippen molar-refractivity contribution in [3.05, 3.63) is 23.5 Å². The molecular formula is C9H11ClN2O3S. The van der Waals surface area contributed by atoms with Crippen molar-refractivity contribution in [3.63, 3.8) is 0 Å². The topological polar surface area (TPSA) is 59.5 Å². The van der Waals surface area contributed by atoms with E-state index in [0.29, 0.717) is 13.2 Å². The Hall–Kier alpha value is -0.690. The highest BCUT2D eigenvalue weighted by Gasteiger charge is 2.29. The first kappa shape index (κ1) is 11.8. The largest absolute Gasteiger partial charge is 0.284 e. The number of hydrogen-bond donors (Lipinski definition) is 0. The van der Waals surface area contributed by atoms with Crippen LogP contribution in [0.1, 0.15) is 12.8 Å². The summed E-state index contributed by atoms with van der Waals surface area (Å²) < 4.78 is 25.2. The van der Waals surface area contributed by atoms with Crippen molar-refractivity contribution in [2.45, 2.75) is 17.7 Å². The zero-order valence-electron chi connectivity index (χ0n) is 8.47. The predicted octanol–water partition coefficient (Wildman–Crippen LogP) is 1.45. The number of pyridine rings is 1. The Balaban J connectivity index is 2.35. The van der Waals surface area contributed by atoms with Crippen LogP contribution in [0.5, 0.6) is 0 Å². The highest BCUT2D eigenvalue weighted by Crippen LogP contribution is 2.24. The Bertz CT molecular complexity index is 471. The van der Waals surface area contributed by atoms with E-state index < -0.39 is 10.0 Å². The van der Waals surface area contributed by atoms with Gasteiger partial charge in [0.1, 0.15) is 4.90 Å². The molecule has 0 unspecified atom stereocenters. The van der Waals surface area contributed by atoms with Gasteiger partial charge in [-0.05, 0) is 18.9 Å². The molecular weight excluding hydrogens is 252 g/mol. The van der Waals surface area contributed by atoms with Gasteiger partial charge < -0.3 is 0 Å². The molecule has 2 rings (SSSR count). The van der Waals surface area contributed by atoms with Gasteiger partial charge in [-0.2, -0.15) is 0 Å². The fraction of sp³-hybridized carbons (Fsp3) is 0.444. The van der Waals surface area contributed by atoms with E-state index in [1.54, 1.807) is 0 Å². The van der Waals surface area contributed by atoms with E-state index in [2.05, 4.69) is 4.98 Å². The number of hydroxylamine groups is 1. The third-order valence-electron chi connectivity index (χ3n) is 2.25. The van der Waals surface area contributed by atoms with Crippen molar-refractivity contribution in [3.8, 4) is 0 Å². The molecule has 1 aromatic rings. The molecule has 2 heterocycles. The number of aromatic nitrogens is 1. The van der Waals surface area contributed by atoms with Gasteiger partial charge in [-0.25, -0.2) is 8.42 Å². The zero-order valence-corrected chi connectivity index (χ0v) is 10.0. The summed E-state index contributed by atoms with van der Waals surface area (Å²) in [7, 11) is -3.68. The molecule has 0 aliphatic carbocycles. The van der Waals surface area contributed by atoms with Gasteiger partial charge in [0.25, 0.3) is 10.0 Å². The summed E-state index contributed by atoms with van der Waals surface area (Å²) in [5.74, 6) is 0. The molecule has 7 heteroatoms. The fourth-order valence-electron chi connectivity index (χ4n) is 1.43. The van der Waals surface area contributed by atoms with Crippen LogP contribution in [-0.4, -0.2) is 31.0 Å². The third-order valence-corrected chi connectivity index (χ3v) is 4.40. The van der Waals surface area contributed by atoms with Crippen LogP contribution in [0.2, 0.25) is 5.02 Å². The molecule has 1 fully saturated rings. The minimum atomic E-state index is -3.68. The second kappa shape index (κ2) is 4.67. The quantitative estimate of drug-likeness (QED) is 0.809. The Kier molecular flexibility index (Phi) is 3.44. The van der Waals surface area contributed by atoms with Crippen LogP contribution in [0.25, 0.3) is 0 Å². The van der Waals surface area contributed by atoms with Crippen LogP contribution in [0.15, 0.2) is 23.4 Å². The summed E-state index contributed by atoms with van der Waals surface area (Å²) in [4.78, 5) is 8.86. The summed E-state index contributed by atoms with van der Waals surface area (Å²) >= 11 is 5.83. The van der Waals surface area contributed by atoms with E-state index in [0.717, 1.165) is 17.3 Å². The van der Waals surface area contributed by atoms with E-state index in [1.165, 1.54) is 18.5 Å². The SMILES string of the molecule is O=S(=O)(c1cnccc1Cl)N1CCCCO1. The first-order valence-corrected chi connectivity index (χ1v) is 6.69. The lowest BCUT2D eigenvalue weighted by Gasteiger charge is -2.25. The number of halogens is 1. The Labute approximate surface area is 99.0 Å². The normalized spacial score (nSPS) is 18.6. The highest BCUT2D eigenvalue weighted by atomic mass is 35.5. The molecule has 0 radical (unpaired) electrons. The first-order valence-electron chi connectivity index (χ1n) is 4.87. The molecule has 0 amide bonds. The molecule has 1 saturated heterocycles. The van der Waals surface area contributed by atoms with Gasteiger partial charge >= 0.3 is 0 Å². The lowest BCUT2D eigenvalue weighted by Crippen LogP contribution is -2.35. The van der Waals surface area contributed by atoms with Gasteiger partial charge in [0, 0.05) is 18.9 Å². The first-order chi connectivity index (χ1) is 7.62. The minimum Gasteiger partial charge on any atom is -0.284 e. The van der Waals surface area contributed by atoms with Crippen LogP contribution in [0.4, 0.5) is 0 Å². The van der Waals surface area contributed by atoms with Crippen LogP contribution in [-0.2, 0) is 14.9 Å². The molecule has 0 saturated carbocycles.